The summed E-state index contributed by atoms with van der Waals surface area (Å²) in [4.78, 5) is 4.46. The number of rotatable bonds is 3. The minimum atomic E-state index is -4.41. The molecule has 2 aromatic carbocycles. The van der Waals surface area contributed by atoms with E-state index in [4.69, 9.17) is 0 Å². The molecule has 0 bridgehead atoms. The lowest BCUT2D eigenvalue weighted by Gasteiger charge is -2.04. The Kier molecular flexibility index (Phi) is 4.13. The van der Waals surface area contributed by atoms with Crippen LogP contribution in [0.4, 0.5) is 13.2 Å². The average Bonchev–Trinajstić information content (AvgIpc) is 2.97. The van der Waals surface area contributed by atoms with E-state index >= 15 is 0 Å². The molecular formula is C16H12F3NO2S2. The van der Waals surface area contributed by atoms with E-state index < -0.39 is 21.6 Å². The van der Waals surface area contributed by atoms with Gasteiger partial charge in [-0.15, -0.1) is 11.3 Å². The van der Waals surface area contributed by atoms with Crippen LogP contribution in [-0.2, 0) is 16.0 Å². The average molecular weight is 371 g/mol. The van der Waals surface area contributed by atoms with Crippen molar-refractivity contribution in [3.8, 4) is 10.6 Å². The summed E-state index contributed by atoms with van der Waals surface area (Å²) < 4.78 is 62.5. The van der Waals surface area contributed by atoms with E-state index in [1.165, 1.54) is 29.5 Å². The molecule has 0 N–H and O–H groups in total. The smallest absolute Gasteiger partial charge is 0.236 e. The Morgan fingerprint density at radius 3 is 2.33 bits per heavy atom. The summed E-state index contributed by atoms with van der Waals surface area (Å²) in [7, 11) is -3.29. The second kappa shape index (κ2) is 5.86. The summed E-state index contributed by atoms with van der Waals surface area (Å²) in [5.74, 6) is 0.00764. The van der Waals surface area contributed by atoms with Gasteiger partial charge >= 0.3 is 6.18 Å². The van der Waals surface area contributed by atoms with Gasteiger partial charge in [0.1, 0.15) is 5.01 Å². The number of aromatic nitrogens is 1. The molecule has 24 heavy (non-hydrogen) atoms. The zero-order valence-electron chi connectivity index (χ0n) is 12.5. The lowest BCUT2D eigenvalue weighted by Crippen LogP contribution is -2.03. The van der Waals surface area contributed by atoms with E-state index in [9.17, 15) is 21.6 Å². The monoisotopic (exact) mass is 371 g/mol. The molecule has 3 aromatic rings. The fraction of sp³-hybridized carbons (Fsp3) is 0.188. The normalized spacial score (nSPS) is 12.7. The quantitative estimate of drug-likeness (QED) is 0.666. The molecule has 0 unspecified atom stereocenters. The highest BCUT2D eigenvalue weighted by atomic mass is 32.2. The Morgan fingerprint density at radius 2 is 1.75 bits per heavy atom. The van der Waals surface area contributed by atoms with E-state index in [0.717, 1.165) is 12.1 Å². The van der Waals surface area contributed by atoms with Gasteiger partial charge in [-0.05, 0) is 30.3 Å². The molecular weight excluding hydrogens is 359 g/mol. The summed E-state index contributed by atoms with van der Waals surface area (Å²) in [6.07, 6.45) is -4.41. The van der Waals surface area contributed by atoms with Crippen LogP contribution in [0.1, 0.15) is 12.5 Å². The highest BCUT2D eigenvalue weighted by molar-refractivity contribution is 7.91. The van der Waals surface area contributed by atoms with Gasteiger partial charge in [0.25, 0.3) is 0 Å². The van der Waals surface area contributed by atoms with Crippen LogP contribution in [-0.4, -0.2) is 19.2 Å². The van der Waals surface area contributed by atoms with Gasteiger partial charge in [-0.25, -0.2) is 13.4 Å². The third-order valence-corrected chi connectivity index (χ3v) is 6.39. The van der Waals surface area contributed by atoms with E-state index in [-0.39, 0.29) is 16.2 Å². The van der Waals surface area contributed by atoms with Crippen molar-refractivity contribution < 1.29 is 21.6 Å². The van der Waals surface area contributed by atoms with Crippen molar-refractivity contribution in [3.05, 3.63) is 48.0 Å². The van der Waals surface area contributed by atoms with Crippen LogP contribution in [0, 0.1) is 0 Å². The number of sulfone groups is 1. The first-order valence-corrected chi connectivity index (χ1v) is 9.48. The second-order valence-corrected chi connectivity index (χ2v) is 8.44. The van der Waals surface area contributed by atoms with Crippen molar-refractivity contribution in [1.29, 1.82) is 0 Å². The Balaban J connectivity index is 2.01. The number of thiazole rings is 1. The molecule has 0 radical (unpaired) electrons. The predicted octanol–water partition coefficient (Wildman–Crippen LogP) is 4.78. The molecule has 0 saturated carbocycles. The van der Waals surface area contributed by atoms with Crippen molar-refractivity contribution in [2.45, 2.75) is 18.0 Å². The van der Waals surface area contributed by atoms with Gasteiger partial charge in [-0.3, -0.25) is 0 Å². The number of nitrogens with zero attached hydrogens (tertiary/aromatic N) is 1. The van der Waals surface area contributed by atoms with Crippen LogP contribution in [0.2, 0.25) is 0 Å². The summed E-state index contributed by atoms with van der Waals surface area (Å²) in [6, 6.07) is 9.65. The summed E-state index contributed by atoms with van der Waals surface area (Å²) in [6.45, 7) is 1.56. The van der Waals surface area contributed by atoms with Gasteiger partial charge < -0.3 is 0 Å². The molecule has 1 aromatic heterocycles. The van der Waals surface area contributed by atoms with Crippen LogP contribution in [0.5, 0.6) is 0 Å². The molecule has 0 aliphatic heterocycles. The van der Waals surface area contributed by atoms with Crippen molar-refractivity contribution in [3.63, 3.8) is 0 Å². The predicted molar refractivity (Wildman–Crippen MR) is 87.8 cm³/mol. The molecule has 3 nitrogen and oxygen atoms in total. The van der Waals surface area contributed by atoms with Gasteiger partial charge in [-0.2, -0.15) is 13.2 Å². The van der Waals surface area contributed by atoms with Gasteiger partial charge in [0, 0.05) is 5.56 Å². The van der Waals surface area contributed by atoms with E-state index in [0.29, 0.717) is 15.3 Å². The van der Waals surface area contributed by atoms with Gasteiger partial charge in [0.05, 0.1) is 26.4 Å². The summed E-state index contributed by atoms with van der Waals surface area (Å²) >= 11 is 1.26. The molecule has 0 fully saturated rings. The molecule has 0 atom stereocenters. The van der Waals surface area contributed by atoms with Gasteiger partial charge in [-0.1, -0.05) is 19.1 Å². The molecule has 1 heterocycles. The second-order valence-electron chi connectivity index (χ2n) is 5.13. The van der Waals surface area contributed by atoms with E-state index in [1.54, 1.807) is 19.1 Å². The molecule has 0 amide bonds. The molecule has 0 aliphatic carbocycles. The SMILES string of the molecule is CCS(=O)(=O)c1ccc(-c2nc3cc(C(F)(F)F)ccc3s2)cc1. The third kappa shape index (κ3) is 3.16. The molecule has 8 heteroatoms. The van der Waals surface area contributed by atoms with E-state index in [2.05, 4.69) is 4.98 Å². The van der Waals surface area contributed by atoms with Crippen molar-refractivity contribution in [2.75, 3.05) is 5.75 Å². The lowest BCUT2D eigenvalue weighted by molar-refractivity contribution is -0.137. The largest absolute Gasteiger partial charge is 0.416 e. The molecule has 0 saturated heterocycles. The number of fused-ring (bicyclic) bond motifs is 1. The van der Waals surface area contributed by atoms with Crippen LogP contribution < -0.4 is 0 Å². The topological polar surface area (TPSA) is 47.0 Å². The van der Waals surface area contributed by atoms with Crippen molar-refractivity contribution in [1.82, 2.24) is 4.98 Å². The number of alkyl halides is 3. The zero-order chi connectivity index (χ0) is 17.5. The maximum absolute atomic E-state index is 12.8. The van der Waals surface area contributed by atoms with Crippen LogP contribution in [0.3, 0.4) is 0 Å². The first kappa shape index (κ1) is 16.9. The van der Waals surface area contributed by atoms with Gasteiger partial charge in [0.15, 0.2) is 9.84 Å². The number of hydrogen-bond acceptors (Lipinski definition) is 4. The fourth-order valence-corrected chi connectivity index (χ4v) is 4.03. The van der Waals surface area contributed by atoms with Crippen molar-refractivity contribution in [2.24, 2.45) is 0 Å². The first-order valence-electron chi connectivity index (χ1n) is 7.02. The Hall–Kier alpha value is -1.93. The number of hydrogen-bond donors (Lipinski definition) is 0. The summed E-state index contributed by atoms with van der Waals surface area (Å²) in [5.41, 5.74) is 0.200. The maximum Gasteiger partial charge on any atom is 0.416 e. The summed E-state index contributed by atoms with van der Waals surface area (Å²) in [5, 5.41) is 0.546. The Labute approximate surface area is 140 Å². The fourth-order valence-electron chi connectivity index (χ4n) is 2.20. The first-order chi connectivity index (χ1) is 11.2. The highest BCUT2D eigenvalue weighted by Crippen LogP contribution is 2.35. The molecule has 3 rings (SSSR count). The van der Waals surface area contributed by atoms with Gasteiger partial charge in [0.2, 0.25) is 0 Å². The minimum Gasteiger partial charge on any atom is -0.236 e. The van der Waals surface area contributed by atoms with Crippen LogP contribution in [0.25, 0.3) is 20.8 Å². The Bertz CT molecular complexity index is 990. The highest BCUT2D eigenvalue weighted by Gasteiger charge is 2.30. The molecule has 0 spiro atoms. The lowest BCUT2D eigenvalue weighted by atomic mass is 10.2. The number of halogens is 3. The third-order valence-electron chi connectivity index (χ3n) is 3.56. The molecule has 0 aliphatic rings. The van der Waals surface area contributed by atoms with E-state index in [1.807, 2.05) is 0 Å². The standard InChI is InChI=1S/C16H12F3NO2S2/c1-2-24(21,22)12-6-3-10(4-7-12)15-20-13-9-11(16(17,18)19)5-8-14(13)23-15/h3-9H,2H2,1H3. The van der Waals surface area contributed by atoms with Crippen molar-refractivity contribution >= 4 is 31.4 Å². The molecule has 126 valence electrons. The Morgan fingerprint density at radius 1 is 1.08 bits per heavy atom. The number of benzene rings is 2. The zero-order valence-corrected chi connectivity index (χ0v) is 14.1. The van der Waals surface area contributed by atoms with Crippen LogP contribution in [0.15, 0.2) is 47.4 Å². The maximum atomic E-state index is 12.8. The van der Waals surface area contributed by atoms with Crippen LogP contribution >= 0.6 is 11.3 Å². The minimum absolute atomic E-state index is 0.00764.